The molecule has 22 heavy (non-hydrogen) atoms. The second-order valence-electron chi connectivity index (χ2n) is 5.29. The molecule has 130 valence electrons. The summed E-state index contributed by atoms with van der Waals surface area (Å²) in [5.41, 5.74) is 0. The Bertz CT molecular complexity index is 309. The molecule has 0 aromatic carbocycles. The van der Waals surface area contributed by atoms with Crippen molar-refractivity contribution in [3.63, 3.8) is 0 Å². The Morgan fingerprint density at radius 1 is 1.14 bits per heavy atom. The first kappa shape index (κ1) is 19.4. The predicted molar refractivity (Wildman–Crippen MR) is 81.8 cm³/mol. The number of carbonyl (C=O) groups excluding carboxylic acids is 1. The van der Waals surface area contributed by atoms with Gasteiger partial charge in [-0.2, -0.15) is 0 Å². The Kier molecular flexibility index (Phi) is 9.63. The third kappa shape index (κ3) is 6.20. The number of esters is 1. The van der Waals surface area contributed by atoms with Crippen LogP contribution in [-0.2, 0) is 28.5 Å². The molecule has 0 bridgehead atoms. The topological polar surface area (TPSA) is 63.2 Å². The smallest absolute Gasteiger partial charge is 0.303 e. The summed E-state index contributed by atoms with van der Waals surface area (Å²) in [6.45, 7) is 9.89. The van der Waals surface area contributed by atoms with Crippen LogP contribution in [-0.4, -0.2) is 63.4 Å². The zero-order valence-corrected chi connectivity index (χ0v) is 14.2. The maximum Gasteiger partial charge on any atom is 0.303 e. The number of unbranched alkanes of at least 4 members (excludes halogenated alkanes) is 1. The minimum absolute atomic E-state index is 0.228. The van der Waals surface area contributed by atoms with Crippen LogP contribution in [0.25, 0.3) is 0 Å². The van der Waals surface area contributed by atoms with Gasteiger partial charge in [-0.25, -0.2) is 0 Å². The second kappa shape index (κ2) is 10.9. The van der Waals surface area contributed by atoms with Crippen molar-refractivity contribution in [1.29, 1.82) is 0 Å². The number of rotatable bonds is 10. The molecule has 0 radical (unpaired) electrons. The molecule has 4 atom stereocenters. The van der Waals surface area contributed by atoms with Crippen LogP contribution < -0.4 is 0 Å². The number of carbonyl (C=O) groups is 1. The summed E-state index contributed by atoms with van der Waals surface area (Å²) < 4.78 is 28.4. The third-order valence-corrected chi connectivity index (χ3v) is 3.51. The molecule has 1 heterocycles. The Hall–Kier alpha value is -0.690. The van der Waals surface area contributed by atoms with E-state index >= 15 is 0 Å². The quantitative estimate of drug-likeness (QED) is 0.453. The van der Waals surface area contributed by atoms with E-state index in [9.17, 15) is 4.79 Å². The van der Waals surface area contributed by atoms with Crippen LogP contribution in [0.15, 0.2) is 0 Å². The molecule has 1 aliphatic heterocycles. The molecule has 0 spiro atoms. The van der Waals surface area contributed by atoms with E-state index in [0.29, 0.717) is 33.0 Å². The molecule has 0 unspecified atom stereocenters. The predicted octanol–water partition coefficient (Wildman–Crippen LogP) is 1.94. The summed E-state index contributed by atoms with van der Waals surface area (Å²) in [7, 11) is 0. The van der Waals surface area contributed by atoms with Gasteiger partial charge >= 0.3 is 5.97 Å². The summed E-state index contributed by atoms with van der Waals surface area (Å²) in [5.74, 6) is -0.353. The summed E-state index contributed by atoms with van der Waals surface area (Å²) >= 11 is 0. The number of hydrogen-bond acceptors (Lipinski definition) is 6. The molecule has 0 aromatic rings. The second-order valence-corrected chi connectivity index (χ2v) is 5.29. The SMILES string of the molecule is CCCCO[C@H]1CO[C@H](COCC)[C@@H](OC(C)=O)[C@@H]1OCC. The van der Waals surface area contributed by atoms with E-state index < -0.39 is 6.10 Å². The first-order valence-corrected chi connectivity index (χ1v) is 8.23. The zero-order valence-electron chi connectivity index (χ0n) is 14.2. The van der Waals surface area contributed by atoms with Gasteiger partial charge in [0.2, 0.25) is 0 Å². The van der Waals surface area contributed by atoms with Gasteiger partial charge in [-0.1, -0.05) is 13.3 Å². The van der Waals surface area contributed by atoms with Gasteiger partial charge in [-0.05, 0) is 20.3 Å². The molecule has 0 aliphatic carbocycles. The highest BCUT2D eigenvalue weighted by Crippen LogP contribution is 2.24. The lowest BCUT2D eigenvalue weighted by Gasteiger charge is -2.41. The molecule has 1 rings (SSSR count). The fourth-order valence-corrected chi connectivity index (χ4v) is 2.46. The molecule has 6 nitrogen and oxygen atoms in total. The van der Waals surface area contributed by atoms with E-state index in [1.807, 2.05) is 13.8 Å². The highest BCUT2D eigenvalue weighted by Gasteiger charge is 2.44. The minimum atomic E-state index is -0.510. The molecule has 1 fully saturated rings. The van der Waals surface area contributed by atoms with E-state index in [0.717, 1.165) is 12.8 Å². The van der Waals surface area contributed by atoms with Crippen LogP contribution >= 0.6 is 0 Å². The molecule has 1 aliphatic rings. The van der Waals surface area contributed by atoms with Crippen molar-refractivity contribution in [2.75, 3.05) is 33.0 Å². The van der Waals surface area contributed by atoms with Crippen molar-refractivity contribution in [1.82, 2.24) is 0 Å². The lowest BCUT2D eigenvalue weighted by atomic mass is 9.99. The largest absolute Gasteiger partial charge is 0.457 e. The van der Waals surface area contributed by atoms with Crippen molar-refractivity contribution >= 4 is 5.97 Å². The van der Waals surface area contributed by atoms with Crippen LogP contribution in [0.5, 0.6) is 0 Å². The van der Waals surface area contributed by atoms with Crippen molar-refractivity contribution in [2.45, 2.75) is 65.0 Å². The maximum absolute atomic E-state index is 11.4. The van der Waals surface area contributed by atoms with Gasteiger partial charge in [0.1, 0.15) is 18.3 Å². The van der Waals surface area contributed by atoms with Crippen LogP contribution in [0, 0.1) is 0 Å². The van der Waals surface area contributed by atoms with Crippen molar-refractivity contribution in [3.05, 3.63) is 0 Å². The Labute approximate surface area is 133 Å². The number of hydrogen-bond donors (Lipinski definition) is 0. The van der Waals surface area contributed by atoms with E-state index in [2.05, 4.69) is 6.92 Å². The Morgan fingerprint density at radius 3 is 2.50 bits per heavy atom. The van der Waals surface area contributed by atoms with Crippen LogP contribution in [0.4, 0.5) is 0 Å². The average Bonchev–Trinajstić information content (AvgIpc) is 2.49. The highest BCUT2D eigenvalue weighted by molar-refractivity contribution is 5.66. The van der Waals surface area contributed by atoms with Gasteiger partial charge in [0.05, 0.1) is 13.2 Å². The van der Waals surface area contributed by atoms with Gasteiger partial charge in [0.25, 0.3) is 0 Å². The summed E-state index contributed by atoms with van der Waals surface area (Å²) in [4.78, 5) is 11.4. The van der Waals surface area contributed by atoms with Gasteiger partial charge in [0, 0.05) is 26.7 Å². The van der Waals surface area contributed by atoms with Gasteiger partial charge in [-0.3, -0.25) is 4.79 Å². The van der Waals surface area contributed by atoms with Crippen LogP contribution in [0.2, 0.25) is 0 Å². The lowest BCUT2D eigenvalue weighted by molar-refractivity contribution is -0.234. The normalized spacial score (nSPS) is 28.5. The van der Waals surface area contributed by atoms with Gasteiger partial charge in [-0.15, -0.1) is 0 Å². The molecule has 0 aromatic heterocycles. The Morgan fingerprint density at radius 2 is 1.91 bits per heavy atom. The summed E-state index contributed by atoms with van der Waals surface area (Å²) in [5, 5.41) is 0. The molecule has 0 saturated carbocycles. The Balaban J connectivity index is 2.75. The average molecular weight is 318 g/mol. The van der Waals surface area contributed by atoms with Crippen LogP contribution in [0.3, 0.4) is 0 Å². The summed E-state index contributed by atoms with van der Waals surface area (Å²) in [6.07, 6.45) is 0.651. The van der Waals surface area contributed by atoms with Crippen molar-refractivity contribution in [3.8, 4) is 0 Å². The van der Waals surface area contributed by atoms with E-state index in [1.54, 1.807) is 0 Å². The molecular formula is C16H30O6. The van der Waals surface area contributed by atoms with E-state index in [1.165, 1.54) is 6.92 Å². The zero-order chi connectivity index (χ0) is 16.4. The summed E-state index contributed by atoms with van der Waals surface area (Å²) in [6, 6.07) is 0. The molecule has 0 N–H and O–H groups in total. The maximum atomic E-state index is 11.4. The fourth-order valence-electron chi connectivity index (χ4n) is 2.46. The van der Waals surface area contributed by atoms with Gasteiger partial charge < -0.3 is 23.7 Å². The molecule has 1 saturated heterocycles. The molecule has 6 heteroatoms. The monoisotopic (exact) mass is 318 g/mol. The minimum Gasteiger partial charge on any atom is -0.457 e. The van der Waals surface area contributed by atoms with Gasteiger partial charge in [0.15, 0.2) is 6.10 Å². The van der Waals surface area contributed by atoms with E-state index in [4.69, 9.17) is 23.7 Å². The van der Waals surface area contributed by atoms with E-state index in [-0.39, 0.29) is 24.3 Å². The fraction of sp³-hybridized carbons (Fsp3) is 0.938. The highest BCUT2D eigenvalue weighted by atomic mass is 16.6. The van der Waals surface area contributed by atoms with Crippen LogP contribution in [0.1, 0.15) is 40.5 Å². The van der Waals surface area contributed by atoms with Crippen molar-refractivity contribution in [2.24, 2.45) is 0 Å². The first-order chi connectivity index (χ1) is 10.6. The lowest BCUT2D eigenvalue weighted by Crippen LogP contribution is -2.57. The third-order valence-electron chi connectivity index (χ3n) is 3.51. The van der Waals surface area contributed by atoms with Crippen molar-refractivity contribution < 1.29 is 28.5 Å². The molecule has 0 amide bonds. The first-order valence-electron chi connectivity index (χ1n) is 8.23. The number of ether oxygens (including phenoxy) is 5. The molecular weight excluding hydrogens is 288 g/mol. The standard InChI is InChI=1S/C16H30O6/c1-5-8-9-20-14-11-21-13(10-18-6-2)16(22-12(4)17)15(14)19-7-3/h13-16H,5-11H2,1-4H3/t13-,14+,15-,16-/m1/s1.